The molecule has 0 unspecified atom stereocenters. The van der Waals surface area contributed by atoms with Gasteiger partial charge in [-0.3, -0.25) is 4.68 Å². The van der Waals surface area contributed by atoms with E-state index in [1.807, 2.05) is 6.07 Å². The molecule has 0 spiro atoms. The summed E-state index contributed by atoms with van der Waals surface area (Å²) in [4.78, 5) is 0. The Morgan fingerprint density at radius 2 is 2.35 bits per heavy atom. The largest absolute Gasteiger partial charge is 0.486 e. The second-order valence-electron chi connectivity index (χ2n) is 3.57. The summed E-state index contributed by atoms with van der Waals surface area (Å²) in [5.74, 6) is -0.402. The monoisotopic (exact) mass is 231 g/mol. The van der Waals surface area contributed by atoms with Gasteiger partial charge in [-0.25, -0.2) is 4.39 Å². The number of aromatic nitrogens is 2. The van der Waals surface area contributed by atoms with E-state index in [-0.39, 0.29) is 17.9 Å². The highest BCUT2D eigenvalue weighted by Crippen LogP contribution is 2.19. The SMILES string of the molecule is Cn1cc(COc2ccc(C#N)cc2F)cn1. The first-order chi connectivity index (χ1) is 8.19. The molecule has 0 atom stereocenters. The lowest BCUT2D eigenvalue weighted by atomic mass is 10.2. The highest BCUT2D eigenvalue weighted by atomic mass is 19.1. The predicted octanol–water partition coefficient (Wildman–Crippen LogP) is 2.01. The van der Waals surface area contributed by atoms with E-state index in [1.54, 1.807) is 24.1 Å². The standard InChI is InChI=1S/C12H10FN3O/c1-16-7-10(6-15-16)8-17-12-3-2-9(5-14)4-11(12)13/h2-4,6-7H,8H2,1H3. The molecule has 86 valence electrons. The van der Waals surface area contributed by atoms with Crippen LogP contribution in [-0.2, 0) is 13.7 Å². The Morgan fingerprint density at radius 1 is 1.53 bits per heavy atom. The van der Waals surface area contributed by atoms with Gasteiger partial charge < -0.3 is 4.74 Å². The van der Waals surface area contributed by atoms with Gasteiger partial charge >= 0.3 is 0 Å². The van der Waals surface area contributed by atoms with Crippen molar-refractivity contribution in [1.82, 2.24) is 9.78 Å². The maximum atomic E-state index is 13.4. The third-order valence-electron chi connectivity index (χ3n) is 2.21. The number of benzene rings is 1. The number of hydrogen-bond donors (Lipinski definition) is 0. The Bertz CT molecular complexity index is 571. The third kappa shape index (κ3) is 2.61. The van der Waals surface area contributed by atoms with E-state index >= 15 is 0 Å². The van der Waals surface area contributed by atoms with Crippen molar-refractivity contribution in [3.05, 3.63) is 47.5 Å². The molecule has 2 rings (SSSR count). The fourth-order valence-electron chi connectivity index (χ4n) is 1.39. The lowest BCUT2D eigenvalue weighted by Gasteiger charge is -2.05. The van der Waals surface area contributed by atoms with E-state index < -0.39 is 5.82 Å². The van der Waals surface area contributed by atoms with E-state index in [4.69, 9.17) is 10.00 Å². The molecule has 17 heavy (non-hydrogen) atoms. The molecule has 0 aliphatic heterocycles. The molecule has 1 aromatic heterocycles. The van der Waals surface area contributed by atoms with Gasteiger partial charge in [-0.2, -0.15) is 10.4 Å². The summed E-state index contributed by atoms with van der Waals surface area (Å²) < 4.78 is 20.4. The van der Waals surface area contributed by atoms with E-state index in [0.717, 1.165) is 11.6 Å². The van der Waals surface area contributed by atoms with Crippen LogP contribution < -0.4 is 4.74 Å². The molecule has 0 aliphatic carbocycles. The van der Waals surface area contributed by atoms with Crippen molar-refractivity contribution in [3.63, 3.8) is 0 Å². The van der Waals surface area contributed by atoms with Crippen LogP contribution in [0.2, 0.25) is 0 Å². The normalized spacial score (nSPS) is 9.94. The van der Waals surface area contributed by atoms with Crippen molar-refractivity contribution in [2.75, 3.05) is 0 Å². The molecular formula is C12H10FN3O. The fourth-order valence-corrected chi connectivity index (χ4v) is 1.39. The minimum atomic E-state index is -0.534. The van der Waals surface area contributed by atoms with Crippen LogP contribution in [0.5, 0.6) is 5.75 Å². The van der Waals surface area contributed by atoms with Crippen LogP contribution in [0.1, 0.15) is 11.1 Å². The summed E-state index contributed by atoms with van der Waals surface area (Å²) in [5, 5.41) is 12.6. The van der Waals surface area contributed by atoms with Gasteiger partial charge in [-0.1, -0.05) is 0 Å². The number of hydrogen-bond acceptors (Lipinski definition) is 3. The highest BCUT2D eigenvalue weighted by molar-refractivity contribution is 5.36. The fraction of sp³-hybridized carbons (Fsp3) is 0.167. The zero-order chi connectivity index (χ0) is 12.3. The minimum Gasteiger partial charge on any atom is -0.486 e. The number of aryl methyl sites for hydroxylation is 1. The van der Waals surface area contributed by atoms with Crippen molar-refractivity contribution in [1.29, 1.82) is 5.26 Å². The number of nitriles is 1. The molecule has 2 aromatic rings. The van der Waals surface area contributed by atoms with Crippen molar-refractivity contribution in [3.8, 4) is 11.8 Å². The number of rotatable bonds is 3. The van der Waals surface area contributed by atoms with Gasteiger partial charge in [0.25, 0.3) is 0 Å². The van der Waals surface area contributed by atoms with Crippen molar-refractivity contribution in [2.45, 2.75) is 6.61 Å². The second-order valence-corrected chi connectivity index (χ2v) is 3.57. The van der Waals surface area contributed by atoms with Crippen LogP contribution >= 0.6 is 0 Å². The number of halogens is 1. The van der Waals surface area contributed by atoms with Crippen molar-refractivity contribution in [2.24, 2.45) is 7.05 Å². The average Bonchev–Trinajstić information content (AvgIpc) is 2.73. The van der Waals surface area contributed by atoms with Crippen LogP contribution in [0.15, 0.2) is 30.6 Å². The van der Waals surface area contributed by atoms with E-state index in [1.165, 1.54) is 12.1 Å². The molecule has 0 N–H and O–H groups in total. The molecule has 5 heteroatoms. The van der Waals surface area contributed by atoms with Gasteiger partial charge in [0.15, 0.2) is 11.6 Å². The van der Waals surface area contributed by atoms with Gasteiger partial charge in [0.1, 0.15) is 6.61 Å². The first-order valence-corrected chi connectivity index (χ1v) is 4.99. The van der Waals surface area contributed by atoms with E-state index in [0.29, 0.717) is 0 Å². The lowest BCUT2D eigenvalue weighted by molar-refractivity contribution is 0.290. The maximum Gasteiger partial charge on any atom is 0.166 e. The lowest BCUT2D eigenvalue weighted by Crippen LogP contribution is -1.96. The van der Waals surface area contributed by atoms with Crippen molar-refractivity contribution >= 4 is 0 Å². The maximum absolute atomic E-state index is 13.4. The van der Waals surface area contributed by atoms with Gasteiger partial charge in [-0.15, -0.1) is 0 Å². The minimum absolute atomic E-state index is 0.132. The Morgan fingerprint density at radius 3 is 2.94 bits per heavy atom. The topological polar surface area (TPSA) is 50.8 Å². The molecule has 4 nitrogen and oxygen atoms in total. The van der Waals surface area contributed by atoms with E-state index in [9.17, 15) is 4.39 Å². The summed E-state index contributed by atoms with van der Waals surface area (Å²) in [5.41, 5.74) is 1.13. The summed E-state index contributed by atoms with van der Waals surface area (Å²) >= 11 is 0. The van der Waals surface area contributed by atoms with Gasteiger partial charge in [0.05, 0.1) is 17.8 Å². The molecule has 0 aliphatic rings. The molecule has 1 heterocycles. The summed E-state index contributed by atoms with van der Waals surface area (Å²) in [6.07, 6.45) is 3.45. The number of ether oxygens (including phenoxy) is 1. The molecule has 0 saturated carbocycles. The van der Waals surface area contributed by atoms with Crippen LogP contribution in [0, 0.1) is 17.1 Å². The van der Waals surface area contributed by atoms with Gasteiger partial charge in [-0.05, 0) is 18.2 Å². The molecular weight excluding hydrogens is 221 g/mol. The Labute approximate surface area is 97.9 Å². The summed E-state index contributed by atoms with van der Waals surface area (Å²) in [6, 6.07) is 5.98. The highest BCUT2D eigenvalue weighted by Gasteiger charge is 2.05. The number of nitrogens with zero attached hydrogens (tertiary/aromatic N) is 3. The smallest absolute Gasteiger partial charge is 0.166 e. The van der Waals surface area contributed by atoms with Gasteiger partial charge in [0.2, 0.25) is 0 Å². The zero-order valence-electron chi connectivity index (χ0n) is 9.22. The Hall–Kier alpha value is -2.35. The molecule has 0 bridgehead atoms. The predicted molar refractivity (Wildman–Crippen MR) is 58.7 cm³/mol. The van der Waals surface area contributed by atoms with Crippen LogP contribution in [-0.4, -0.2) is 9.78 Å². The second kappa shape index (κ2) is 4.66. The molecule has 0 amide bonds. The first-order valence-electron chi connectivity index (χ1n) is 4.99. The van der Waals surface area contributed by atoms with E-state index in [2.05, 4.69) is 5.10 Å². The Kier molecular flexibility index (Phi) is 3.06. The van der Waals surface area contributed by atoms with Crippen LogP contribution in [0.3, 0.4) is 0 Å². The van der Waals surface area contributed by atoms with Crippen molar-refractivity contribution < 1.29 is 9.13 Å². The molecule has 0 radical (unpaired) electrons. The molecule has 0 saturated heterocycles. The zero-order valence-corrected chi connectivity index (χ0v) is 9.22. The third-order valence-corrected chi connectivity index (χ3v) is 2.21. The molecule has 0 fully saturated rings. The van der Waals surface area contributed by atoms with Crippen LogP contribution in [0.4, 0.5) is 4.39 Å². The molecule has 1 aromatic carbocycles. The summed E-state index contributed by atoms with van der Waals surface area (Å²) in [7, 11) is 1.80. The summed E-state index contributed by atoms with van der Waals surface area (Å²) in [6.45, 7) is 0.247. The Balaban J connectivity index is 2.07. The van der Waals surface area contributed by atoms with Crippen LogP contribution in [0.25, 0.3) is 0 Å². The average molecular weight is 231 g/mol. The quantitative estimate of drug-likeness (QED) is 0.811. The van der Waals surface area contributed by atoms with Gasteiger partial charge in [0, 0.05) is 18.8 Å². The first kappa shape index (κ1) is 11.1.